The van der Waals surface area contributed by atoms with Crippen LogP contribution < -0.4 is 0 Å². The summed E-state index contributed by atoms with van der Waals surface area (Å²) < 4.78 is 11.9. The first-order chi connectivity index (χ1) is 23.3. The number of allylic oxidation sites excluding steroid dienone is 7. The van der Waals surface area contributed by atoms with Crippen LogP contribution in [0.2, 0.25) is 0 Å². The second kappa shape index (κ2) is 15.5. The number of aliphatic hydroxyl groups excluding tert-OH is 1. The molecule has 2 aliphatic carbocycles. The van der Waals surface area contributed by atoms with E-state index in [4.69, 9.17) is 9.47 Å². The van der Waals surface area contributed by atoms with Crippen molar-refractivity contribution in [3.63, 3.8) is 0 Å². The third-order valence-corrected chi connectivity index (χ3v) is 12.3. The number of esters is 1. The Labute approximate surface area is 298 Å². The molecule has 9 atom stereocenters. The number of carbonyl (C=O) groups excluding carboxylic acids is 4. The van der Waals surface area contributed by atoms with Gasteiger partial charge >= 0.3 is 5.97 Å². The summed E-state index contributed by atoms with van der Waals surface area (Å²) in [5.74, 6) is -4.11. The van der Waals surface area contributed by atoms with Gasteiger partial charge in [-0.25, -0.2) is 0 Å². The minimum atomic E-state index is -1.71. The fourth-order valence-electron chi connectivity index (χ4n) is 8.84. The van der Waals surface area contributed by atoms with Crippen LogP contribution in [0.4, 0.5) is 0 Å². The van der Waals surface area contributed by atoms with Gasteiger partial charge in [-0.05, 0) is 110 Å². The lowest BCUT2D eigenvalue weighted by Gasteiger charge is -2.50. The quantitative estimate of drug-likeness (QED) is 0.231. The van der Waals surface area contributed by atoms with Gasteiger partial charge < -0.3 is 24.8 Å². The number of hydrogen-bond donors (Lipinski definition) is 3. The molecule has 4 aliphatic rings. The third-order valence-electron chi connectivity index (χ3n) is 12.3. The maximum absolute atomic E-state index is 15.0. The molecule has 4 rings (SSSR count). The van der Waals surface area contributed by atoms with Crippen molar-refractivity contribution in [3.8, 4) is 0 Å². The monoisotopic (exact) mass is 696 g/mol. The van der Waals surface area contributed by atoms with Gasteiger partial charge in [0.1, 0.15) is 11.4 Å². The largest absolute Gasteiger partial charge is 0.469 e. The lowest BCUT2D eigenvalue weighted by atomic mass is 9.52. The fourth-order valence-corrected chi connectivity index (χ4v) is 8.84. The number of fused-ring (bicyclic) bond motifs is 5. The second-order valence-corrected chi connectivity index (χ2v) is 16.5. The van der Waals surface area contributed by atoms with Crippen LogP contribution in [0.25, 0.3) is 0 Å². The van der Waals surface area contributed by atoms with E-state index in [0.717, 1.165) is 16.7 Å². The molecular formula is C41H60O9. The molecule has 1 saturated heterocycles. The van der Waals surface area contributed by atoms with Crippen molar-refractivity contribution < 1.29 is 44.0 Å². The number of rotatable bonds is 2. The van der Waals surface area contributed by atoms with E-state index in [2.05, 4.69) is 0 Å². The van der Waals surface area contributed by atoms with Crippen LogP contribution in [-0.2, 0) is 28.7 Å². The maximum Gasteiger partial charge on any atom is 0.313 e. The molecule has 0 aromatic carbocycles. The van der Waals surface area contributed by atoms with Gasteiger partial charge in [0.25, 0.3) is 0 Å². The highest BCUT2D eigenvalue weighted by atomic mass is 16.5. The van der Waals surface area contributed by atoms with E-state index < -0.39 is 58.7 Å². The summed E-state index contributed by atoms with van der Waals surface area (Å²) in [6.45, 7) is 14.5. The van der Waals surface area contributed by atoms with E-state index in [1.165, 1.54) is 7.11 Å². The van der Waals surface area contributed by atoms with Crippen LogP contribution in [0.1, 0.15) is 120 Å². The van der Waals surface area contributed by atoms with Crippen LogP contribution in [0.15, 0.2) is 46.1 Å². The van der Waals surface area contributed by atoms with Crippen LogP contribution in [-0.4, -0.2) is 75.3 Å². The minimum absolute atomic E-state index is 0.00517. The molecule has 0 spiro atoms. The van der Waals surface area contributed by atoms with Crippen molar-refractivity contribution in [1.82, 2.24) is 0 Å². The van der Waals surface area contributed by atoms with Crippen LogP contribution in [0.3, 0.4) is 0 Å². The summed E-state index contributed by atoms with van der Waals surface area (Å²) in [5.41, 5.74) is -0.821. The summed E-state index contributed by atoms with van der Waals surface area (Å²) in [4.78, 5) is 57.2. The Morgan fingerprint density at radius 1 is 0.960 bits per heavy atom. The van der Waals surface area contributed by atoms with Gasteiger partial charge in [-0.15, -0.1) is 0 Å². The average molecular weight is 697 g/mol. The number of aliphatic hydroxyl groups is 3. The molecule has 2 aliphatic heterocycles. The number of methoxy groups -OCH3 is 1. The Kier molecular flexibility index (Phi) is 12.4. The van der Waals surface area contributed by atoms with Crippen molar-refractivity contribution in [2.45, 2.75) is 149 Å². The molecule has 2 heterocycles. The van der Waals surface area contributed by atoms with Crippen LogP contribution in [0.5, 0.6) is 0 Å². The van der Waals surface area contributed by atoms with Gasteiger partial charge in [-0.3, -0.25) is 19.2 Å². The van der Waals surface area contributed by atoms with Gasteiger partial charge in [0.15, 0.2) is 11.6 Å². The van der Waals surface area contributed by atoms with Gasteiger partial charge in [0.05, 0.1) is 36.4 Å². The highest BCUT2D eigenvalue weighted by Gasteiger charge is 2.60. The van der Waals surface area contributed by atoms with Gasteiger partial charge in [-0.1, -0.05) is 48.3 Å². The van der Waals surface area contributed by atoms with E-state index in [9.17, 15) is 29.7 Å². The van der Waals surface area contributed by atoms with E-state index in [1.54, 1.807) is 26.8 Å². The molecule has 0 aromatic heterocycles. The topological polar surface area (TPSA) is 147 Å². The summed E-state index contributed by atoms with van der Waals surface area (Å²) >= 11 is 0. The lowest BCUT2D eigenvalue weighted by molar-refractivity contribution is -0.234. The summed E-state index contributed by atoms with van der Waals surface area (Å²) in [7, 11) is 1.27. The molecule has 50 heavy (non-hydrogen) atoms. The molecule has 278 valence electrons. The maximum atomic E-state index is 15.0. The van der Waals surface area contributed by atoms with Crippen molar-refractivity contribution in [2.75, 3.05) is 7.11 Å². The molecule has 3 N–H and O–H groups in total. The third kappa shape index (κ3) is 8.01. The van der Waals surface area contributed by atoms with Crippen LogP contribution >= 0.6 is 0 Å². The number of hydrogen-bond acceptors (Lipinski definition) is 9. The van der Waals surface area contributed by atoms with E-state index in [0.29, 0.717) is 49.7 Å². The molecule has 0 aromatic rings. The molecule has 9 heteroatoms. The zero-order chi connectivity index (χ0) is 37.3. The SMILES string of the molecule is COC(=O)[C@@]12CC(=O)/C=C(/C)CC/C=C(\C)C(=O)C[C@@H](C(C)C)C(=O)[C@H]1CC(C)=C1C[C@H](O)[C@](C)(O)[C@H]3CC[C@@](C)(O)[C@H](CCC(C)=C[C@@H]12)O3. The Hall–Kier alpha value is -2.72. The highest BCUT2D eigenvalue weighted by Crippen LogP contribution is 2.56. The van der Waals surface area contributed by atoms with E-state index in [-0.39, 0.29) is 49.0 Å². The first kappa shape index (κ1) is 40.1. The first-order valence-electron chi connectivity index (χ1n) is 18.4. The summed E-state index contributed by atoms with van der Waals surface area (Å²) in [5, 5.41) is 34.9. The number of ketones is 3. The number of Topliss-reactive ketones (excluding diaryl/α,β-unsaturated/α-hetero) is 2. The van der Waals surface area contributed by atoms with Crippen LogP contribution in [0, 0.1) is 29.1 Å². The van der Waals surface area contributed by atoms with Gasteiger partial charge in [0.2, 0.25) is 0 Å². The molecule has 9 nitrogen and oxygen atoms in total. The highest BCUT2D eigenvalue weighted by molar-refractivity contribution is 6.01. The van der Waals surface area contributed by atoms with Gasteiger partial charge in [-0.2, -0.15) is 0 Å². The Balaban J connectivity index is 2.01. The molecule has 1 fully saturated rings. The van der Waals surface area contributed by atoms with Crippen molar-refractivity contribution in [3.05, 3.63) is 46.1 Å². The normalized spacial score (nSPS) is 40.5. The molecule has 0 saturated carbocycles. The number of carbonyl (C=O) groups is 4. The molecular weight excluding hydrogens is 636 g/mol. The minimum Gasteiger partial charge on any atom is -0.469 e. The summed E-state index contributed by atoms with van der Waals surface area (Å²) in [6, 6.07) is 0. The van der Waals surface area contributed by atoms with Gasteiger partial charge in [0, 0.05) is 30.6 Å². The fraction of sp³-hybridized carbons (Fsp3) is 0.707. The van der Waals surface area contributed by atoms with Crippen molar-refractivity contribution in [2.24, 2.45) is 29.1 Å². The molecule has 2 bridgehead atoms. The zero-order valence-electron chi connectivity index (χ0n) is 31.6. The van der Waals surface area contributed by atoms with E-state index in [1.807, 2.05) is 46.8 Å². The lowest BCUT2D eigenvalue weighted by Crippen LogP contribution is -2.59. The Morgan fingerprint density at radius 3 is 2.28 bits per heavy atom. The Morgan fingerprint density at radius 2 is 1.64 bits per heavy atom. The summed E-state index contributed by atoms with van der Waals surface area (Å²) in [6.07, 6.45) is 5.21. The Bertz CT molecular complexity index is 1470. The molecule has 0 amide bonds. The predicted octanol–water partition coefficient (Wildman–Crippen LogP) is 6.09. The second-order valence-electron chi connectivity index (χ2n) is 16.5. The zero-order valence-corrected chi connectivity index (χ0v) is 31.6. The molecule has 0 unspecified atom stereocenters. The van der Waals surface area contributed by atoms with Crippen molar-refractivity contribution in [1.29, 1.82) is 0 Å². The van der Waals surface area contributed by atoms with Crippen molar-refractivity contribution >= 4 is 23.3 Å². The number of ether oxygens (including phenoxy) is 2. The van der Waals surface area contributed by atoms with E-state index >= 15 is 4.79 Å². The average Bonchev–Trinajstić information content (AvgIpc) is 3.03. The predicted molar refractivity (Wildman–Crippen MR) is 191 cm³/mol. The smallest absolute Gasteiger partial charge is 0.313 e. The standard InChI is InChI=1S/C41H60O9/c1-23(2)29-20-33(43)26(5)12-10-11-24(3)17-28(42)22-41(38(46)49-9)31-18-25(4)13-14-35-39(7,47)16-15-36(50-35)40(8,48)34(44)21-30(31)27(6)19-32(41)37(29)45/h12,17-18,23,29,31-32,34-36,44,47-48H,10-11,13-16,19-22H2,1-9H3/b24-17-,25-18?,26-12+/t29-,31-,32+,34-,35-,36+,39+,40-,41+/m0/s1. The first-order valence-corrected chi connectivity index (χ1v) is 18.4. The molecule has 0 radical (unpaired) electrons.